The highest BCUT2D eigenvalue weighted by molar-refractivity contribution is 5.85. The van der Waals surface area contributed by atoms with E-state index in [0.717, 1.165) is 50.8 Å². The van der Waals surface area contributed by atoms with Crippen molar-refractivity contribution in [1.82, 2.24) is 14.7 Å². The maximum absolute atomic E-state index is 13.1. The van der Waals surface area contributed by atoms with Crippen molar-refractivity contribution >= 4 is 11.8 Å². The first-order valence-electron chi connectivity index (χ1n) is 11.2. The highest BCUT2D eigenvalue weighted by atomic mass is 16.3. The third-order valence-corrected chi connectivity index (χ3v) is 6.91. The van der Waals surface area contributed by atoms with Gasteiger partial charge in [-0.25, -0.2) is 0 Å². The van der Waals surface area contributed by atoms with Crippen molar-refractivity contribution in [2.75, 3.05) is 39.3 Å². The van der Waals surface area contributed by atoms with E-state index < -0.39 is 5.60 Å². The Morgan fingerprint density at radius 2 is 1.72 bits per heavy atom. The maximum Gasteiger partial charge on any atom is 0.242 e. The van der Waals surface area contributed by atoms with Gasteiger partial charge in [0, 0.05) is 26.1 Å². The van der Waals surface area contributed by atoms with E-state index >= 15 is 0 Å². The molecule has 0 spiro atoms. The molecule has 158 valence electrons. The van der Waals surface area contributed by atoms with Gasteiger partial charge in [-0.15, -0.1) is 0 Å². The first kappa shape index (κ1) is 20.4. The number of benzene rings is 1. The van der Waals surface area contributed by atoms with Crippen molar-refractivity contribution in [3.05, 3.63) is 35.9 Å². The normalized spacial score (nSPS) is 29.1. The first-order valence-corrected chi connectivity index (χ1v) is 11.2. The largest absolute Gasteiger partial charge is 0.383 e. The number of rotatable bonds is 4. The summed E-state index contributed by atoms with van der Waals surface area (Å²) >= 11 is 0. The molecule has 6 heteroatoms. The van der Waals surface area contributed by atoms with E-state index in [1.165, 1.54) is 0 Å². The predicted octanol–water partition coefficient (Wildman–Crippen LogP) is 1.97. The van der Waals surface area contributed by atoms with Crippen LogP contribution in [0.5, 0.6) is 0 Å². The molecule has 29 heavy (non-hydrogen) atoms. The van der Waals surface area contributed by atoms with Gasteiger partial charge in [0.05, 0.1) is 12.6 Å². The van der Waals surface area contributed by atoms with Gasteiger partial charge in [-0.1, -0.05) is 36.8 Å². The zero-order valence-corrected chi connectivity index (χ0v) is 17.3. The molecule has 3 saturated heterocycles. The smallest absolute Gasteiger partial charge is 0.242 e. The van der Waals surface area contributed by atoms with Crippen LogP contribution in [0.25, 0.3) is 0 Å². The van der Waals surface area contributed by atoms with E-state index in [1.807, 2.05) is 35.2 Å². The standard InChI is InChI=1S/C23H33N3O3/c27-21-11-5-2-6-15-25(21)18-22(28)26-16-12-23(29,19-9-3-1-4-10-19)20(17-26)24-13-7-8-14-24/h1,3-4,9-10,20,29H,2,5-8,11-18H2/t20-,23+/m1/s1. The van der Waals surface area contributed by atoms with Crippen molar-refractivity contribution in [2.24, 2.45) is 0 Å². The van der Waals surface area contributed by atoms with Crippen molar-refractivity contribution in [3.63, 3.8) is 0 Å². The highest BCUT2D eigenvalue weighted by Gasteiger charge is 2.47. The fraction of sp³-hybridized carbons (Fsp3) is 0.652. The lowest BCUT2D eigenvalue weighted by Crippen LogP contribution is -2.62. The molecule has 6 nitrogen and oxygen atoms in total. The van der Waals surface area contributed by atoms with Crippen LogP contribution in [0.3, 0.4) is 0 Å². The second kappa shape index (κ2) is 8.84. The fourth-order valence-corrected chi connectivity index (χ4v) is 5.15. The Hall–Kier alpha value is -1.92. The lowest BCUT2D eigenvalue weighted by atomic mass is 9.79. The first-order chi connectivity index (χ1) is 14.1. The molecule has 0 bridgehead atoms. The summed E-state index contributed by atoms with van der Waals surface area (Å²) in [5.41, 5.74) is -0.00689. The third-order valence-electron chi connectivity index (χ3n) is 6.91. The number of piperidine rings is 1. The summed E-state index contributed by atoms with van der Waals surface area (Å²) in [6.07, 6.45) is 6.31. The topological polar surface area (TPSA) is 64.1 Å². The minimum absolute atomic E-state index is 0.0135. The summed E-state index contributed by atoms with van der Waals surface area (Å²) in [4.78, 5) is 31.3. The van der Waals surface area contributed by atoms with E-state index in [0.29, 0.717) is 32.5 Å². The third kappa shape index (κ3) is 4.33. The van der Waals surface area contributed by atoms with Crippen LogP contribution in [0.15, 0.2) is 30.3 Å². The van der Waals surface area contributed by atoms with Gasteiger partial charge < -0.3 is 14.9 Å². The zero-order chi connectivity index (χ0) is 20.3. The minimum Gasteiger partial charge on any atom is -0.383 e. The van der Waals surface area contributed by atoms with Crippen LogP contribution in [0, 0.1) is 0 Å². The van der Waals surface area contributed by atoms with Crippen LogP contribution >= 0.6 is 0 Å². The van der Waals surface area contributed by atoms with E-state index in [9.17, 15) is 14.7 Å². The quantitative estimate of drug-likeness (QED) is 0.841. The molecule has 1 N–H and O–H groups in total. The fourth-order valence-electron chi connectivity index (χ4n) is 5.15. The van der Waals surface area contributed by atoms with Gasteiger partial charge in [-0.05, 0) is 50.8 Å². The molecule has 1 aromatic carbocycles. The van der Waals surface area contributed by atoms with Gasteiger partial charge in [0.1, 0.15) is 5.60 Å². The average molecular weight is 400 g/mol. The van der Waals surface area contributed by atoms with E-state index in [4.69, 9.17) is 0 Å². The maximum atomic E-state index is 13.1. The molecule has 0 saturated carbocycles. The van der Waals surface area contributed by atoms with Crippen LogP contribution in [0.1, 0.15) is 50.5 Å². The summed E-state index contributed by atoms with van der Waals surface area (Å²) in [7, 11) is 0. The number of carbonyl (C=O) groups is 2. The number of hydrogen-bond acceptors (Lipinski definition) is 4. The summed E-state index contributed by atoms with van der Waals surface area (Å²) in [6, 6.07) is 9.79. The molecular formula is C23H33N3O3. The summed E-state index contributed by atoms with van der Waals surface area (Å²) in [5, 5.41) is 11.7. The Morgan fingerprint density at radius 3 is 2.48 bits per heavy atom. The van der Waals surface area contributed by atoms with Crippen molar-refractivity contribution in [3.8, 4) is 0 Å². The van der Waals surface area contributed by atoms with E-state index in [2.05, 4.69) is 4.90 Å². The molecular weight excluding hydrogens is 366 g/mol. The van der Waals surface area contributed by atoms with Gasteiger partial charge in [0.25, 0.3) is 0 Å². The molecule has 0 aromatic heterocycles. The molecule has 4 rings (SSSR count). The molecule has 3 aliphatic rings. The van der Waals surface area contributed by atoms with Crippen molar-refractivity contribution < 1.29 is 14.7 Å². The number of carbonyl (C=O) groups excluding carboxylic acids is 2. The molecule has 0 unspecified atom stereocenters. The van der Waals surface area contributed by atoms with Crippen LogP contribution in [-0.2, 0) is 15.2 Å². The number of aliphatic hydroxyl groups is 1. The van der Waals surface area contributed by atoms with Gasteiger partial charge in [-0.3, -0.25) is 14.5 Å². The SMILES string of the molecule is O=C1CCCCCN1CC(=O)N1CC[C@](O)(c2ccccc2)[C@H](N2CCCC2)C1. The number of likely N-dealkylation sites (tertiary alicyclic amines) is 3. The Morgan fingerprint density at radius 1 is 1.00 bits per heavy atom. The van der Waals surface area contributed by atoms with E-state index in [1.54, 1.807) is 4.90 Å². The lowest BCUT2D eigenvalue weighted by Gasteiger charge is -2.48. The summed E-state index contributed by atoms with van der Waals surface area (Å²) in [6.45, 7) is 3.83. The second-order valence-corrected chi connectivity index (χ2v) is 8.76. The number of hydrogen-bond donors (Lipinski definition) is 1. The zero-order valence-electron chi connectivity index (χ0n) is 17.3. The van der Waals surface area contributed by atoms with Gasteiger partial charge in [-0.2, -0.15) is 0 Å². The Bertz CT molecular complexity index is 719. The van der Waals surface area contributed by atoms with Crippen LogP contribution in [0.4, 0.5) is 0 Å². The Labute approximate surface area is 173 Å². The highest BCUT2D eigenvalue weighted by Crippen LogP contribution is 2.37. The molecule has 2 atom stereocenters. The van der Waals surface area contributed by atoms with Gasteiger partial charge >= 0.3 is 0 Å². The van der Waals surface area contributed by atoms with Crippen LogP contribution in [0.2, 0.25) is 0 Å². The van der Waals surface area contributed by atoms with E-state index in [-0.39, 0.29) is 24.4 Å². The molecule has 3 heterocycles. The Kier molecular flexibility index (Phi) is 6.20. The number of amides is 2. The molecule has 3 fully saturated rings. The van der Waals surface area contributed by atoms with Gasteiger partial charge in [0.15, 0.2) is 0 Å². The van der Waals surface area contributed by atoms with Crippen molar-refractivity contribution in [2.45, 2.75) is 56.6 Å². The average Bonchev–Trinajstić information content (AvgIpc) is 3.20. The van der Waals surface area contributed by atoms with Crippen molar-refractivity contribution in [1.29, 1.82) is 0 Å². The summed E-state index contributed by atoms with van der Waals surface area (Å²) < 4.78 is 0. The molecule has 2 amide bonds. The van der Waals surface area contributed by atoms with Crippen LogP contribution in [-0.4, -0.2) is 76.9 Å². The molecule has 0 radical (unpaired) electrons. The monoisotopic (exact) mass is 399 g/mol. The summed E-state index contributed by atoms with van der Waals surface area (Å²) in [5.74, 6) is 0.115. The molecule has 1 aromatic rings. The molecule has 0 aliphatic carbocycles. The molecule has 3 aliphatic heterocycles. The second-order valence-electron chi connectivity index (χ2n) is 8.76. The number of nitrogens with zero attached hydrogens (tertiary/aromatic N) is 3. The lowest BCUT2D eigenvalue weighted by molar-refractivity contribution is -0.148. The minimum atomic E-state index is -0.944. The predicted molar refractivity (Wildman–Crippen MR) is 111 cm³/mol. The van der Waals surface area contributed by atoms with Gasteiger partial charge in [0.2, 0.25) is 11.8 Å². The van der Waals surface area contributed by atoms with Crippen LogP contribution < -0.4 is 0 Å². The Balaban J connectivity index is 1.49.